The second-order valence-corrected chi connectivity index (χ2v) is 18.0. The van der Waals surface area contributed by atoms with Gasteiger partial charge in [-0.2, -0.15) is 0 Å². The van der Waals surface area contributed by atoms with E-state index in [-0.39, 0.29) is 5.41 Å². The Morgan fingerprint density at radius 2 is 0.750 bits per heavy atom. The first-order valence-electron chi connectivity index (χ1n) is 22.4. The van der Waals surface area contributed by atoms with Crippen molar-refractivity contribution in [1.82, 2.24) is 0 Å². The summed E-state index contributed by atoms with van der Waals surface area (Å²) in [5.41, 5.74) is 21.9. The van der Waals surface area contributed by atoms with Crippen molar-refractivity contribution in [3.05, 3.63) is 264 Å². The van der Waals surface area contributed by atoms with E-state index in [0.717, 1.165) is 22.7 Å². The van der Waals surface area contributed by atoms with E-state index < -0.39 is 5.41 Å². The highest BCUT2D eigenvalue weighted by molar-refractivity contribution is 6.13. The summed E-state index contributed by atoms with van der Waals surface area (Å²) in [6.07, 6.45) is 0. The third-order valence-electron chi connectivity index (χ3n) is 14.4. The van der Waals surface area contributed by atoms with Gasteiger partial charge in [0.15, 0.2) is 0 Å². The van der Waals surface area contributed by atoms with Crippen LogP contribution in [0.1, 0.15) is 47.2 Å². The molecule has 2 heteroatoms. The molecule has 0 aliphatic heterocycles. The lowest BCUT2D eigenvalue weighted by Gasteiger charge is -2.34. The first-order valence-corrected chi connectivity index (χ1v) is 22.4. The maximum absolute atomic E-state index is 2.56. The minimum atomic E-state index is -0.588. The summed E-state index contributed by atoms with van der Waals surface area (Å²) in [5.74, 6) is 0. The van der Waals surface area contributed by atoms with Crippen LogP contribution in [0.4, 0.5) is 34.1 Å². The molecule has 10 aromatic rings. The van der Waals surface area contributed by atoms with Crippen molar-refractivity contribution in [3.63, 3.8) is 0 Å². The van der Waals surface area contributed by atoms with Crippen LogP contribution in [0, 0.1) is 0 Å². The minimum absolute atomic E-state index is 0.141. The maximum atomic E-state index is 2.56. The van der Waals surface area contributed by atoms with Gasteiger partial charge in [-0.1, -0.05) is 184 Å². The van der Waals surface area contributed by atoms with Gasteiger partial charge in [0.05, 0.1) is 16.8 Å². The summed E-state index contributed by atoms with van der Waals surface area (Å²) >= 11 is 0. The lowest BCUT2D eigenvalue weighted by molar-refractivity contribution is 0.660. The Bertz CT molecular complexity index is 3440. The zero-order chi connectivity index (χ0) is 42.6. The minimum Gasteiger partial charge on any atom is -0.310 e. The van der Waals surface area contributed by atoms with Gasteiger partial charge in [-0.25, -0.2) is 0 Å². The van der Waals surface area contributed by atoms with Gasteiger partial charge in [-0.05, 0) is 127 Å². The molecule has 10 aromatic carbocycles. The fourth-order valence-electron chi connectivity index (χ4n) is 11.8. The van der Waals surface area contributed by atoms with Crippen LogP contribution in [0.15, 0.2) is 231 Å². The normalized spacial score (nSPS) is 15.5. The Balaban J connectivity index is 1.12. The molecule has 0 amide bonds. The number of benzene rings is 10. The number of rotatable bonds is 6. The molecule has 0 N–H and O–H groups in total. The zero-order valence-corrected chi connectivity index (χ0v) is 35.8. The van der Waals surface area contributed by atoms with Crippen LogP contribution in [-0.2, 0) is 10.8 Å². The zero-order valence-electron chi connectivity index (χ0n) is 35.8. The van der Waals surface area contributed by atoms with Crippen molar-refractivity contribution in [2.75, 3.05) is 9.80 Å². The molecule has 302 valence electrons. The number of hydrogen-bond acceptors (Lipinski definition) is 2. The molecule has 1 unspecified atom stereocenters. The van der Waals surface area contributed by atoms with Gasteiger partial charge in [0.25, 0.3) is 0 Å². The smallest absolute Gasteiger partial charge is 0.0727 e. The standard InChI is InChI=1S/C62H44N2/c1-61(2)51-32-17-14-27-45(51)46-38-37-44(39-55(46)61)64(43-25-10-5-11-26-43)58-40-56-59(48-29-13-12-28-47(48)58)49-30-15-18-33-52(49)62(56)53-34-19-16-31-50(53)60-54(62)35-20-36-57(60)63(41-21-6-3-7-22-41)42-23-8-4-9-24-42/h3-40H,1-2H3. The SMILES string of the molecule is CC1(C)c2ccccc2-c2ccc(N(c3ccccc3)c3cc4c(c5ccccc35)-c3ccccc3C43c4ccccc4-c4c(N(c5ccccc5)c5ccccc5)cccc43)cc21. The summed E-state index contributed by atoms with van der Waals surface area (Å²) in [5, 5.41) is 2.48. The van der Waals surface area contributed by atoms with E-state index in [1.54, 1.807) is 0 Å². The van der Waals surface area contributed by atoms with Gasteiger partial charge >= 0.3 is 0 Å². The Morgan fingerprint density at radius 1 is 0.281 bits per heavy atom. The maximum Gasteiger partial charge on any atom is 0.0727 e. The molecule has 0 saturated heterocycles. The van der Waals surface area contributed by atoms with Crippen LogP contribution in [0.5, 0.6) is 0 Å². The molecule has 0 radical (unpaired) electrons. The van der Waals surface area contributed by atoms with Gasteiger partial charge in [-0.3, -0.25) is 0 Å². The summed E-state index contributed by atoms with van der Waals surface area (Å²) in [7, 11) is 0. The van der Waals surface area contributed by atoms with Crippen LogP contribution < -0.4 is 9.80 Å². The van der Waals surface area contributed by atoms with Crippen LogP contribution >= 0.6 is 0 Å². The molecule has 2 nitrogen and oxygen atoms in total. The van der Waals surface area contributed by atoms with Crippen LogP contribution in [0.25, 0.3) is 44.2 Å². The molecule has 0 fully saturated rings. The third-order valence-corrected chi connectivity index (χ3v) is 14.4. The fourth-order valence-corrected chi connectivity index (χ4v) is 11.8. The van der Waals surface area contributed by atoms with Gasteiger partial charge in [0, 0.05) is 39.1 Å². The fraction of sp³-hybridized carbons (Fsp3) is 0.0645. The second kappa shape index (κ2) is 13.8. The molecule has 64 heavy (non-hydrogen) atoms. The number of para-hydroxylation sites is 3. The quantitative estimate of drug-likeness (QED) is 0.165. The summed E-state index contributed by atoms with van der Waals surface area (Å²) < 4.78 is 0. The first-order chi connectivity index (χ1) is 31.5. The van der Waals surface area contributed by atoms with Crippen molar-refractivity contribution in [1.29, 1.82) is 0 Å². The van der Waals surface area contributed by atoms with Gasteiger partial charge in [0.1, 0.15) is 0 Å². The Labute approximate surface area is 375 Å². The van der Waals surface area contributed by atoms with E-state index in [9.17, 15) is 0 Å². The molecule has 3 aliphatic rings. The molecule has 0 saturated carbocycles. The molecule has 0 heterocycles. The Hall–Kier alpha value is -7.94. The lowest BCUT2D eigenvalue weighted by atomic mass is 9.70. The van der Waals surface area contributed by atoms with Crippen LogP contribution in [0.3, 0.4) is 0 Å². The molecular formula is C62H44N2. The topological polar surface area (TPSA) is 6.48 Å². The molecule has 1 spiro atoms. The highest BCUT2D eigenvalue weighted by Gasteiger charge is 2.53. The third kappa shape index (κ3) is 4.97. The highest BCUT2D eigenvalue weighted by atomic mass is 15.2. The molecule has 1 atom stereocenters. The highest BCUT2D eigenvalue weighted by Crippen LogP contribution is 2.66. The monoisotopic (exact) mass is 816 g/mol. The lowest BCUT2D eigenvalue weighted by Crippen LogP contribution is -2.26. The van der Waals surface area contributed by atoms with Crippen LogP contribution in [0.2, 0.25) is 0 Å². The van der Waals surface area contributed by atoms with Crippen molar-refractivity contribution < 1.29 is 0 Å². The molecule has 0 bridgehead atoms. The number of fused-ring (bicyclic) bond motifs is 15. The van der Waals surface area contributed by atoms with Gasteiger partial charge in [0.2, 0.25) is 0 Å². The van der Waals surface area contributed by atoms with E-state index in [1.165, 1.54) is 88.9 Å². The van der Waals surface area contributed by atoms with Gasteiger partial charge < -0.3 is 9.80 Å². The number of anilines is 6. The summed E-state index contributed by atoms with van der Waals surface area (Å²) in [6, 6.07) is 85.7. The van der Waals surface area contributed by atoms with E-state index in [2.05, 4.69) is 254 Å². The van der Waals surface area contributed by atoms with Crippen molar-refractivity contribution >= 4 is 44.9 Å². The molecule has 0 aromatic heterocycles. The average molecular weight is 817 g/mol. The number of hydrogen-bond donors (Lipinski definition) is 0. The first kappa shape index (κ1) is 36.7. The second-order valence-electron chi connectivity index (χ2n) is 18.0. The molecule has 13 rings (SSSR count). The average Bonchev–Trinajstić information content (AvgIpc) is 3.91. The van der Waals surface area contributed by atoms with E-state index in [0.29, 0.717) is 0 Å². The number of nitrogens with zero attached hydrogens (tertiary/aromatic N) is 2. The molecule has 3 aliphatic carbocycles. The van der Waals surface area contributed by atoms with E-state index in [1.807, 2.05) is 0 Å². The predicted octanol–water partition coefficient (Wildman–Crippen LogP) is 16.4. The van der Waals surface area contributed by atoms with Crippen molar-refractivity contribution in [2.45, 2.75) is 24.7 Å². The van der Waals surface area contributed by atoms with Crippen molar-refractivity contribution in [2.24, 2.45) is 0 Å². The van der Waals surface area contributed by atoms with E-state index in [4.69, 9.17) is 0 Å². The van der Waals surface area contributed by atoms with Gasteiger partial charge in [-0.15, -0.1) is 0 Å². The summed E-state index contributed by atoms with van der Waals surface area (Å²) in [6.45, 7) is 4.75. The van der Waals surface area contributed by atoms with Crippen LogP contribution in [-0.4, -0.2) is 0 Å². The van der Waals surface area contributed by atoms with E-state index >= 15 is 0 Å². The van der Waals surface area contributed by atoms with Crippen molar-refractivity contribution in [3.8, 4) is 33.4 Å². The largest absolute Gasteiger partial charge is 0.310 e. The predicted molar refractivity (Wildman–Crippen MR) is 267 cm³/mol. The Morgan fingerprint density at radius 3 is 1.38 bits per heavy atom. The Kier molecular flexibility index (Phi) is 7.90. The summed E-state index contributed by atoms with van der Waals surface area (Å²) in [4.78, 5) is 4.95. The molecular weight excluding hydrogens is 773 g/mol.